The molecule has 9 nitrogen and oxygen atoms in total. The third-order valence-electron chi connectivity index (χ3n) is 5.34. The number of aliphatic hydroxyl groups excluding tert-OH is 4. The number of hydrogen-bond donors (Lipinski definition) is 5. The van der Waals surface area contributed by atoms with Crippen molar-refractivity contribution in [3.63, 3.8) is 0 Å². The smallest absolute Gasteiger partial charge is 0.330 e. The molecule has 0 radical (unpaired) electrons. The van der Waals surface area contributed by atoms with Gasteiger partial charge in [0.15, 0.2) is 6.29 Å². The van der Waals surface area contributed by atoms with Crippen LogP contribution < -0.4 is 0 Å². The average molecular weight is 424 g/mol. The summed E-state index contributed by atoms with van der Waals surface area (Å²) in [6.45, 7) is -0.364. The van der Waals surface area contributed by atoms with E-state index in [1.54, 1.807) is 12.1 Å². The molecule has 0 unspecified atom stereocenters. The first kappa shape index (κ1) is 22.7. The molecule has 0 bridgehead atoms. The van der Waals surface area contributed by atoms with Gasteiger partial charge in [-0.05, 0) is 36.6 Å². The Morgan fingerprint density at radius 3 is 2.43 bits per heavy atom. The van der Waals surface area contributed by atoms with Gasteiger partial charge in [-0.1, -0.05) is 25.0 Å². The van der Waals surface area contributed by atoms with Crippen molar-refractivity contribution >= 4 is 12.0 Å². The average Bonchev–Trinajstić information content (AvgIpc) is 2.74. The van der Waals surface area contributed by atoms with Gasteiger partial charge in [0, 0.05) is 6.08 Å². The van der Waals surface area contributed by atoms with Gasteiger partial charge in [-0.25, -0.2) is 4.79 Å². The fraction of sp³-hybridized carbons (Fsp3) is 0.571. The monoisotopic (exact) mass is 424 g/mol. The Morgan fingerprint density at radius 2 is 1.73 bits per heavy atom. The third kappa shape index (κ3) is 5.78. The van der Waals surface area contributed by atoms with Gasteiger partial charge >= 0.3 is 5.97 Å². The highest BCUT2D eigenvalue weighted by molar-refractivity contribution is 5.87. The highest BCUT2D eigenvalue weighted by Crippen LogP contribution is 2.28. The van der Waals surface area contributed by atoms with Crippen LogP contribution in [0.25, 0.3) is 6.08 Å². The SMILES string of the molecule is O=C(C=Cc1ccc(O)cc1)OC[C@H]1O[C@@H](O[C@@H]2CCCC[C@H]2O)[C@H](O)[C@@H](O)[C@@H]1O. The molecular weight excluding hydrogens is 396 g/mol. The maximum atomic E-state index is 11.9. The number of ether oxygens (including phenoxy) is 3. The fourth-order valence-corrected chi connectivity index (χ4v) is 3.54. The van der Waals surface area contributed by atoms with Crippen molar-refractivity contribution in [2.45, 2.75) is 68.6 Å². The lowest BCUT2D eigenvalue weighted by molar-refractivity contribution is -0.319. The number of rotatable bonds is 6. The van der Waals surface area contributed by atoms with E-state index >= 15 is 0 Å². The van der Waals surface area contributed by atoms with E-state index in [0.29, 0.717) is 18.4 Å². The molecule has 7 atom stereocenters. The Labute approximate surface area is 174 Å². The van der Waals surface area contributed by atoms with Crippen LogP contribution >= 0.6 is 0 Å². The minimum absolute atomic E-state index is 0.108. The van der Waals surface area contributed by atoms with Crippen molar-refractivity contribution in [1.82, 2.24) is 0 Å². The van der Waals surface area contributed by atoms with Crippen molar-refractivity contribution in [3.8, 4) is 5.75 Å². The molecule has 1 aliphatic heterocycles. The van der Waals surface area contributed by atoms with E-state index < -0.39 is 48.9 Å². The van der Waals surface area contributed by atoms with E-state index in [1.807, 2.05) is 0 Å². The predicted octanol–water partition coefficient (Wildman–Crippen LogP) is 0.0763. The summed E-state index contributed by atoms with van der Waals surface area (Å²) in [6, 6.07) is 6.19. The molecule has 0 aromatic heterocycles. The van der Waals surface area contributed by atoms with E-state index in [1.165, 1.54) is 24.3 Å². The highest BCUT2D eigenvalue weighted by atomic mass is 16.7. The summed E-state index contributed by atoms with van der Waals surface area (Å²) in [4.78, 5) is 11.9. The molecule has 0 amide bonds. The molecule has 2 aliphatic rings. The number of benzene rings is 1. The number of hydrogen-bond acceptors (Lipinski definition) is 9. The van der Waals surface area contributed by atoms with Crippen LogP contribution in [0, 0.1) is 0 Å². The van der Waals surface area contributed by atoms with E-state index in [9.17, 15) is 30.3 Å². The van der Waals surface area contributed by atoms with Gasteiger partial charge in [0.25, 0.3) is 0 Å². The minimum Gasteiger partial charge on any atom is -0.508 e. The highest BCUT2D eigenvalue weighted by Gasteiger charge is 2.46. The molecule has 1 aromatic carbocycles. The zero-order chi connectivity index (χ0) is 21.7. The number of carbonyl (C=O) groups is 1. The third-order valence-corrected chi connectivity index (χ3v) is 5.34. The Hall–Kier alpha value is -2.01. The van der Waals surface area contributed by atoms with Crippen LogP contribution in [0.4, 0.5) is 0 Å². The van der Waals surface area contributed by atoms with Gasteiger partial charge in [0.1, 0.15) is 36.8 Å². The Bertz CT molecular complexity index is 720. The number of phenols is 1. The first-order valence-corrected chi connectivity index (χ1v) is 10.0. The summed E-state index contributed by atoms with van der Waals surface area (Å²) < 4.78 is 16.3. The van der Waals surface area contributed by atoms with Crippen molar-refractivity contribution in [1.29, 1.82) is 0 Å². The maximum absolute atomic E-state index is 11.9. The summed E-state index contributed by atoms with van der Waals surface area (Å²) in [7, 11) is 0. The zero-order valence-electron chi connectivity index (χ0n) is 16.4. The quantitative estimate of drug-likeness (QED) is 0.316. The second kappa shape index (κ2) is 10.3. The van der Waals surface area contributed by atoms with Crippen LogP contribution in [-0.2, 0) is 19.0 Å². The Morgan fingerprint density at radius 1 is 1.03 bits per heavy atom. The van der Waals surface area contributed by atoms with Crippen LogP contribution in [0.15, 0.2) is 30.3 Å². The predicted molar refractivity (Wildman–Crippen MR) is 104 cm³/mol. The van der Waals surface area contributed by atoms with Gasteiger partial charge < -0.3 is 39.7 Å². The second-order valence-corrected chi connectivity index (χ2v) is 7.60. The zero-order valence-corrected chi connectivity index (χ0v) is 16.4. The van der Waals surface area contributed by atoms with Crippen LogP contribution in [0.3, 0.4) is 0 Å². The summed E-state index contributed by atoms with van der Waals surface area (Å²) in [5.74, 6) is -0.587. The van der Waals surface area contributed by atoms with Crippen molar-refractivity contribution in [3.05, 3.63) is 35.9 Å². The molecule has 1 aliphatic carbocycles. The maximum Gasteiger partial charge on any atom is 0.330 e. The van der Waals surface area contributed by atoms with E-state index in [-0.39, 0.29) is 12.4 Å². The molecule has 166 valence electrons. The largest absolute Gasteiger partial charge is 0.508 e. The van der Waals surface area contributed by atoms with Crippen LogP contribution in [0.2, 0.25) is 0 Å². The lowest BCUT2D eigenvalue weighted by Gasteiger charge is -2.42. The topological polar surface area (TPSA) is 146 Å². The molecule has 30 heavy (non-hydrogen) atoms. The standard InChI is InChI=1S/C21H28O9/c22-13-8-5-12(6-9-13)7-10-17(24)28-11-16-18(25)19(26)20(27)21(30-16)29-15-4-2-1-3-14(15)23/h5-10,14-16,18-23,25-27H,1-4,11H2/t14-,15-,16-,18-,19+,20-,21-/m1/s1. The fourth-order valence-electron chi connectivity index (χ4n) is 3.54. The van der Waals surface area contributed by atoms with E-state index in [4.69, 9.17) is 14.2 Å². The molecule has 9 heteroatoms. The number of carbonyl (C=O) groups excluding carboxylic acids is 1. The summed E-state index contributed by atoms with van der Waals surface area (Å²) in [5.41, 5.74) is 0.678. The Balaban J connectivity index is 1.54. The van der Waals surface area contributed by atoms with E-state index in [0.717, 1.165) is 12.8 Å². The van der Waals surface area contributed by atoms with Crippen molar-refractivity contribution in [2.24, 2.45) is 0 Å². The molecule has 1 saturated carbocycles. The van der Waals surface area contributed by atoms with Crippen LogP contribution in [0.5, 0.6) is 5.75 Å². The lowest BCUT2D eigenvalue weighted by Crippen LogP contribution is -2.60. The first-order chi connectivity index (χ1) is 14.3. The molecule has 1 saturated heterocycles. The number of aliphatic hydroxyl groups is 4. The number of esters is 1. The molecule has 1 aromatic rings. The lowest BCUT2D eigenvalue weighted by atomic mass is 9.94. The van der Waals surface area contributed by atoms with E-state index in [2.05, 4.69) is 0 Å². The van der Waals surface area contributed by atoms with Crippen molar-refractivity contribution in [2.75, 3.05) is 6.61 Å². The van der Waals surface area contributed by atoms with Gasteiger partial charge in [-0.3, -0.25) is 0 Å². The second-order valence-electron chi connectivity index (χ2n) is 7.60. The molecule has 2 fully saturated rings. The molecule has 3 rings (SSSR count). The minimum atomic E-state index is -1.55. The first-order valence-electron chi connectivity index (χ1n) is 10.0. The Kier molecular flexibility index (Phi) is 7.81. The molecule has 1 heterocycles. The number of phenolic OH excluding ortho intramolecular Hbond substituents is 1. The molecule has 5 N–H and O–H groups in total. The summed E-state index contributed by atoms with van der Waals surface area (Å²) in [6.07, 6.45) is -2.57. The van der Waals surface area contributed by atoms with Gasteiger partial charge in [0.2, 0.25) is 0 Å². The summed E-state index contributed by atoms with van der Waals surface area (Å²) >= 11 is 0. The summed E-state index contributed by atoms with van der Waals surface area (Å²) in [5, 5.41) is 49.8. The molecule has 0 spiro atoms. The van der Waals surface area contributed by atoms with Crippen molar-refractivity contribution < 1.29 is 44.5 Å². The number of aromatic hydroxyl groups is 1. The molecular formula is C21H28O9. The van der Waals surface area contributed by atoms with Crippen LogP contribution in [0.1, 0.15) is 31.2 Å². The normalized spacial score (nSPS) is 34.7. The van der Waals surface area contributed by atoms with Gasteiger partial charge in [0.05, 0.1) is 12.2 Å². The van der Waals surface area contributed by atoms with Gasteiger partial charge in [-0.2, -0.15) is 0 Å². The van der Waals surface area contributed by atoms with Gasteiger partial charge in [-0.15, -0.1) is 0 Å². The van der Waals surface area contributed by atoms with Crippen LogP contribution in [-0.4, -0.2) is 81.0 Å².